The van der Waals surface area contributed by atoms with Crippen molar-refractivity contribution in [1.82, 2.24) is 0 Å². The first-order valence-corrected chi connectivity index (χ1v) is 6.11. The fraction of sp³-hybridized carbons (Fsp3) is 0.417. The molecule has 2 rings (SSSR count). The van der Waals surface area contributed by atoms with Gasteiger partial charge in [0.05, 0.1) is 5.92 Å². The first-order chi connectivity index (χ1) is 7.52. The van der Waals surface area contributed by atoms with E-state index < -0.39 is 11.9 Å². The van der Waals surface area contributed by atoms with Gasteiger partial charge in [-0.1, -0.05) is 13.0 Å². The zero-order valence-electron chi connectivity index (χ0n) is 9.03. The van der Waals surface area contributed by atoms with Crippen LogP contribution in [0.4, 0.5) is 5.69 Å². The van der Waals surface area contributed by atoms with Crippen LogP contribution in [0, 0.1) is 5.92 Å². The Bertz CT molecular complexity index is 445. The van der Waals surface area contributed by atoms with E-state index in [0.717, 1.165) is 28.4 Å². The Hall–Kier alpha value is -1.03. The molecular formula is C12H14BrNO2. The number of benzene rings is 1. The number of halogens is 1. The maximum atomic E-state index is 11.3. The van der Waals surface area contributed by atoms with Crippen molar-refractivity contribution in [2.24, 2.45) is 5.92 Å². The zero-order chi connectivity index (χ0) is 11.9. The van der Waals surface area contributed by atoms with Crippen LogP contribution in [0.15, 0.2) is 16.6 Å². The zero-order valence-corrected chi connectivity index (χ0v) is 10.6. The summed E-state index contributed by atoms with van der Waals surface area (Å²) in [5.74, 6) is -1.00. The highest BCUT2D eigenvalue weighted by atomic mass is 79.9. The van der Waals surface area contributed by atoms with Crippen LogP contribution in [-0.4, -0.2) is 11.1 Å². The fourth-order valence-corrected chi connectivity index (χ4v) is 2.82. The highest BCUT2D eigenvalue weighted by molar-refractivity contribution is 9.10. The summed E-state index contributed by atoms with van der Waals surface area (Å²) in [4.78, 5) is 11.3. The van der Waals surface area contributed by atoms with Gasteiger partial charge >= 0.3 is 5.97 Å². The van der Waals surface area contributed by atoms with Gasteiger partial charge in [0.1, 0.15) is 0 Å². The normalized spacial score (nSPS) is 23.9. The summed E-state index contributed by atoms with van der Waals surface area (Å²) in [6, 6.07) is 3.71. The van der Waals surface area contributed by atoms with E-state index in [-0.39, 0.29) is 5.92 Å². The molecule has 0 aliphatic heterocycles. The van der Waals surface area contributed by atoms with Gasteiger partial charge in [-0.3, -0.25) is 4.79 Å². The van der Waals surface area contributed by atoms with Crippen LogP contribution in [0.3, 0.4) is 0 Å². The van der Waals surface area contributed by atoms with E-state index in [9.17, 15) is 9.90 Å². The van der Waals surface area contributed by atoms with Gasteiger partial charge in [0.25, 0.3) is 0 Å². The number of rotatable bonds is 1. The van der Waals surface area contributed by atoms with Gasteiger partial charge in [0.15, 0.2) is 0 Å². The van der Waals surface area contributed by atoms with Crippen molar-refractivity contribution in [3.63, 3.8) is 0 Å². The minimum absolute atomic E-state index is 0.172. The number of carboxylic acids is 1. The minimum atomic E-state index is -0.754. The predicted molar refractivity (Wildman–Crippen MR) is 66.4 cm³/mol. The molecule has 3 nitrogen and oxygen atoms in total. The van der Waals surface area contributed by atoms with Crippen LogP contribution in [0.2, 0.25) is 0 Å². The van der Waals surface area contributed by atoms with E-state index in [0.29, 0.717) is 5.69 Å². The number of nitrogens with two attached hydrogens (primary N) is 1. The molecule has 1 aliphatic rings. The van der Waals surface area contributed by atoms with Crippen molar-refractivity contribution in [1.29, 1.82) is 0 Å². The summed E-state index contributed by atoms with van der Waals surface area (Å²) in [5.41, 5.74) is 8.54. The van der Waals surface area contributed by atoms with Crippen molar-refractivity contribution in [3.8, 4) is 0 Å². The van der Waals surface area contributed by atoms with Gasteiger partial charge in [-0.25, -0.2) is 0 Å². The highest BCUT2D eigenvalue weighted by Gasteiger charge is 2.33. The molecule has 0 bridgehead atoms. The molecule has 16 heavy (non-hydrogen) atoms. The van der Waals surface area contributed by atoms with Gasteiger partial charge in [0.2, 0.25) is 0 Å². The van der Waals surface area contributed by atoms with Crippen LogP contribution >= 0.6 is 15.9 Å². The van der Waals surface area contributed by atoms with Crippen LogP contribution in [0.25, 0.3) is 0 Å². The van der Waals surface area contributed by atoms with E-state index in [1.165, 1.54) is 0 Å². The van der Waals surface area contributed by atoms with E-state index in [2.05, 4.69) is 15.9 Å². The highest BCUT2D eigenvalue weighted by Crippen LogP contribution is 2.40. The first-order valence-electron chi connectivity index (χ1n) is 5.32. The molecule has 0 aromatic heterocycles. The average Bonchev–Trinajstić information content (AvgIpc) is 2.22. The van der Waals surface area contributed by atoms with Gasteiger partial charge in [-0.2, -0.15) is 0 Å². The third kappa shape index (κ3) is 1.71. The molecule has 0 fully saturated rings. The molecular weight excluding hydrogens is 270 g/mol. The molecule has 0 radical (unpaired) electrons. The maximum Gasteiger partial charge on any atom is 0.311 e. The van der Waals surface area contributed by atoms with Crippen molar-refractivity contribution in [3.05, 3.63) is 27.7 Å². The summed E-state index contributed by atoms with van der Waals surface area (Å²) < 4.78 is 0.852. The van der Waals surface area contributed by atoms with Crippen LogP contribution < -0.4 is 5.73 Å². The molecule has 4 heteroatoms. The summed E-state index contributed by atoms with van der Waals surface area (Å²) in [7, 11) is 0. The number of carbonyl (C=O) groups is 1. The van der Waals surface area contributed by atoms with Gasteiger partial charge in [0, 0.05) is 10.2 Å². The third-order valence-electron chi connectivity index (χ3n) is 3.36. The Morgan fingerprint density at radius 2 is 2.25 bits per heavy atom. The first kappa shape index (κ1) is 11.5. The van der Waals surface area contributed by atoms with Crippen molar-refractivity contribution < 1.29 is 9.90 Å². The molecule has 0 spiro atoms. The number of anilines is 1. The molecule has 2 atom stereocenters. The van der Waals surface area contributed by atoms with Crippen LogP contribution in [-0.2, 0) is 11.2 Å². The molecule has 0 heterocycles. The largest absolute Gasteiger partial charge is 0.481 e. The average molecular weight is 284 g/mol. The number of carboxylic acid groups (broad SMARTS) is 1. The second-order valence-corrected chi connectivity index (χ2v) is 5.22. The molecule has 1 aromatic carbocycles. The Morgan fingerprint density at radius 1 is 1.56 bits per heavy atom. The third-order valence-corrected chi connectivity index (χ3v) is 4.05. The maximum absolute atomic E-state index is 11.3. The molecule has 1 unspecified atom stereocenters. The number of fused-ring (bicyclic) bond motifs is 1. The number of hydrogen-bond acceptors (Lipinski definition) is 2. The number of nitrogen functional groups attached to an aromatic ring is 1. The SMILES string of the molecule is C[C@H]1CCc2c(ccc(Br)c2N)C1C(=O)O. The lowest BCUT2D eigenvalue weighted by Gasteiger charge is -2.29. The smallest absolute Gasteiger partial charge is 0.311 e. The molecule has 1 aromatic rings. The van der Waals surface area contributed by atoms with Crippen LogP contribution in [0.5, 0.6) is 0 Å². The summed E-state index contributed by atoms with van der Waals surface area (Å²) in [5, 5.41) is 9.26. The number of hydrogen-bond donors (Lipinski definition) is 2. The minimum Gasteiger partial charge on any atom is -0.481 e. The molecule has 0 saturated carbocycles. The van der Waals surface area contributed by atoms with E-state index >= 15 is 0 Å². The predicted octanol–water partition coefficient (Wildman–Crippen LogP) is 2.78. The second-order valence-electron chi connectivity index (χ2n) is 4.36. The van der Waals surface area contributed by atoms with E-state index in [1.807, 2.05) is 19.1 Å². The van der Waals surface area contributed by atoms with Gasteiger partial charge < -0.3 is 10.8 Å². The van der Waals surface area contributed by atoms with Crippen molar-refractivity contribution in [2.45, 2.75) is 25.7 Å². The topological polar surface area (TPSA) is 63.3 Å². The Morgan fingerprint density at radius 3 is 2.88 bits per heavy atom. The van der Waals surface area contributed by atoms with Crippen molar-refractivity contribution in [2.75, 3.05) is 5.73 Å². The molecule has 86 valence electrons. The van der Waals surface area contributed by atoms with Gasteiger partial charge in [-0.15, -0.1) is 0 Å². The van der Waals surface area contributed by atoms with E-state index in [1.54, 1.807) is 0 Å². The molecule has 0 saturated heterocycles. The fourth-order valence-electron chi connectivity index (χ4n) is 2.44. The monoisotopic (exact) mass is 283 g/mol. The van der Waals surface area contributed by atoms with E-state index in [4.69, 9.17) is 5.73 Å². The van der Waals surface area contributed by atoms with Crippen molar-refractivity contribution >= 4 is 27.6 Å². The summed E-state index contributed by atoms with van der Waals surface area (Å²) >= 11 is 3.37. The second kappa shape index (κ2) is 4.09. The van der Waals surface area contributed by atoms with Gasteiger partial charge in [-0.05, 0) is 51.9 Å². The van der Waals surface area contributed by atoms with Crippen LogP contribution in [0.1, 0.15) is 30.4 Å². The quantitative estimate of drug-likeness (QED) is 0.779. The Labute approximate surface area is 103 Å². The standard InChI is InChI=1S/C12H14BrNO2/c1-6-2-3-8-7(10(6)12(15)16)4-5-9(13)11(8)14/h4-6,10H,2-3,14H2,1H3,(H,15,16)/t6-,10?/m0/s1. The lowest BCUT2D eigenvalue weighted by Crippen LogP contribution is -2.26. The molecule has 0 amide bonds. The lowest BCUT2D eigenvalue weighted by molar-refractivity contribution is -0.140. The number of aliphatic carboxylic acids is 1. The Balaban J connectivity index is 2.57. The molecule has 3 N–H and O–H groups in total. The summed E-state index contributed by atoms with van der Waals surface area (Å²) in [6.07, 6.45) is 1.75. The lowest BCUT2D eigenvalue weighted by atomic mass is 9.75. The summed E-state index contributed by atoms with van der Waals surface area (Å²) in [6.45, 7) is 1.99. The Kier molecular flexibility index (Phi) is 2.93. The molecule has 1 aliphatic carbocycles.